The number of halogens is 1. The van der Waals surface area contributed by atoms with Crippen molar-refractivity contribution in [2.45, 2.75) is 66.4 Å². The number of alkyl halides is 1. The van der Waals surface area contributed by atoms with Gasteiger partial charge in [0.25, 0.3) is 0 Å². The molecular weight excluding hydrogens is 520 g/mol. The molecule has 1 spiro atoms. The molecule has 0 radical (unpaired) electrons. The van der Waals surface area contributed by atoms with Crippen molar-refractivity contribution >= 4 is 45.5 Å². The van der Waals surface area contributed by atoms with Crippen LogP contribution in [0.2, 0.25) is 0 Å². The lowest BCUT2D eigenvalue weighted by atomic mass is 9.71. The molecule has 0 aromatic heterocycles. The maximum atomic E-state index is 14.1. The number of carbonyl (C=O) groups is 3. The summed E-state index contributed by atoms with van der Waals surface area (Å²) in [5, 5.41) is 13.3. The van der Waals surface area contributed by atoms with Gasteiger partial charge in [-0.1, -0.05) is 66.0 Å². The minimum Gasteiger partial charge on any atom is -0.466 e. The van der Waals surface area contributed by atoms with Gasteiger partial charge in [0.1, 0.15) is 6.04 Å². The van der Waals surface area contributed by atoms with Crippen molar-refractivity contribution in [3.8, 4) is 0 Å². The standard InChI is InChI=1S/C25H33BrN2O5S/c1-3-5-9-12-27-22(30)21-25-13-16(26)20(34-25)18(24(32)33-4-2)19(25)23(31)28(21)17(14-29)15-10-7-6-8-11-15/h6-8,10-11,16-21,29H,3-5,9,12-14H2,1-2H3,(H,27,30)/t16?,17-,18+,19+,20+,21?,25?/m1/s1. The number of aliphatic hydroxyl groups excluding tert-OH is 1. The molecule has 3 heterocycles. The van der Waals surface area contributed by atoms with Gasteiger partial charge in [-0.15, -0.1) is 11.8 Å². The summed E-state index contributed by atoms with van der Waals surface area (Å²) < 4.78 is 4.63. The molecule has 4 rings (SSSR count). The Balaban J connectivity index is 1.75. The van der Waals surface area contributed by atoms with E-state index in [1.807, 2.05) is 30.3 Å². The lowest BCUT2D eigenvalue weighted by molar-refractivity contribution is -0.154. The van der Waals surface area contributed by atoms with Crippen molar-refractivity contribution in [3.63, 3.8) is 0 Å². The second-order valence-corrected chi connectivity index (χ2v) is 12.0. The van der Waals surface area contributed by atoms with Crippen LogP contribution >= 0.6 is 27.7 Å². The van der Waals surface area contributed by atoms with Crippen LogP contribution in [0.25, 0.3) is 0 Å². The minimum absolute atomic E-state index is 0.00407. The zero-order valence-corrected chi connectivity index (χ0v) is 22.0. The first-order chi connectivity index (χ1) is 16.4. The molecule has 1 aromatic carbocycles. The van der Waals surface area contributed by atoms with Crippen LogP contribution in [0.5, 0.6) is 0 Å². The van der Waals surface area contributed by atoms with Gasteiger partial charge in [-0.2, -0.15) is 0 Å². The third kappa shape index (κ3) is 4.17. The molecule has 9 heteroatoms. The zero-order chi connectivity index (χ0) is 24.5. The molecular formula is C25H33BrN2O5S. The molecule has 2 amide bonds. The van der Waals surface area contributed by atoms with E-state index in [-0.39, 0.29) is 41.1 Å². The normalized spacial score (nSPS) is 32.5. The number of nitrogens with one attached hydrogen (secondary N) is 1. The molecule has 3 unspecified atom stereocenters. The number of ether oxygens (including phenoxy) is 1. The molecule has 3 aliphatic rings. The van der Waals surface area contributed by atoms with Gasteiger partial charge in [0.05, 0.1) is 35.8 Å². The maximum absolute atomic E-state index is 14.1. The lowest BCUT2D eigenvalue weighted by Crippen LogP contribution is -2.55. The predicted molar refractivity (Wildman–Crippen MR) is 134 cm³/mol. The van der Waals surface area contributed by atoms with Crippen molar-refractivity contribution in [2.24, 2.45) is 11.8 Å². The highest BCUT2D eigenvalue weighted by molar-refractivity contribution is 9.09. The zero-order valence-electron chi connectivity index (χ0n) is 19.6. The molecule has 7 atom stereocenters. The smallest absolute Gasteiger partial charge is 0.310 e. The first-order valence-corrected chi connectivity index (χ1v) is 13.9. The third-order valence-electron chi connectivity index (χ3n) is 7.31. The van der Waals surface area contributed by atoms with Crippen molar-refractivity contribution in [2.75, 3.05) is 19.8 Å². The van der Waals surface area contributed by atoms with Crippen molar-refractivity contribution in [3.05, 3.63) is 35.9 Å². The molecule has 0 aliphatic carbocycles. The van der Waals surface area contributed by atoms with Gasteiger partial charge in [-0.3, -0.25) is 14.4 Å². The van der Waals surface area contributed by atoms with Crippen molar-refractivity contribution < 1.29 is 24.2 Å². The Bertz CT molecular complexity index is 918. The number of aliphatic hydroxyl groups is 1. The lowest BCUT2D eigenvalue weighted by Gasteiger charge is -2.37. The molecule has 3 saturated heterocycles. The number of amides is 2. The minimum atomic E-state index is -0.779. The van der Waals surface area contributed by atoms with Crippen LogP contribution in [0.3, 0.4) is 0 Å². The number of carbonyl (C=O) groups excluding carboxylic acids is 3. The van der Waals surface area contributed by atoms with Crippen LogP contribution in [0.15, 0.2) is 30.3 Å². The highest BCUT2D eigenvalue weighted by Gasteiger charge is 2.76. The number of fused-ring (bicyclic) bond motifs is 1. The number of likely N-dealkylation sites (tertiary alicyclic amines) is 1. The van der Waals surface area contributed by atoms with Crippen molar-refractivity contribution in [1.29, 1.82) is 0 Å². The van der Waals surface area contributed by atoms with E-state index in [1.165, 1.54) is 0 Å². The van der Waals surface area contributed by atoms with Crippen LogP contribution in [0.4, 0.5) is 0 Å². The first-order valence-electron chi connectivity index (χ1n) is 12.1. The number of thioether (sulfide) groups is 1. The van der Waals surface area contributed by atoms with E-state index in [0.717, 1.165) is 24.8 Å². The van der Waals surface area contributed by atoms with Crippen molar-refractivity contribution in [1.82, 2.24) is 10.2 Å². The average molecular weight is 554 g/mol. The summed E-state index contributed by atoms with van der Waals surface area (Å²) in [6.07, 6.45) is 3.52. The van der Waals surface area contributed by atoms with Gasteiger partial charge in [0, 0.05) is 16.6 Å². The van der Waals surface area contributed by atoms with E-state index in [2.05, 4.69) is 28.2 Å². The Morgan fingerprint density at radius 3 is 2.68 bits per heavy atom. The Morgan fingerprint density at radius 1 is 1.29 bits per heavy atom. The summed E-state index contributed by atoms with van der Waals surface area (Å²) in [6.45, 7) is 4.32. The number of nitrogens with zero attached hydrogens (tertiary/aromatic N) is 1. The van der Waals surface area contributed by atoms with Crippen LogP contribution in [-0.2, 0) is 19.1 Å². The van der Waals surface area contributed by atoms with E-state index in [9.17, 15) is 19.5 Å². The molecule has 7 nitrogen and oxygen atoms in total. The average Bonchev–Trinajstić information content (AvgIpc) is 3.42. The number of benzene rings is 1. The summed E-state index contributed by atoms with van der Waals surface area (Å²) in [6, 6.07) is 7.85. The number of hydrogen-bond donors (Lipinski definition) is 2. The number of rotatable bonds is 10. The highest BCUT2D eigenvalue weighted by atomic mass is 79.9. The van der Waals surface area contributed by atoms with E-state index in [4.69, 9.17) is 4.74 Å². The number of unbranched alkanes of at least 4 members (excludes halogenated alkanes) is 2. The quantitative estimate of drug-likeness (QED) is 0.263. The molecule has 0 saturated carbocycles. The SMILES string of the molecule is CCCCCNC(=O)C1N([C@H](CO)c2ccccc2)C(=O)[C@@H]2[C@H](C(=O)OCC)[C@H]3SC12CC3Br. The van der Waals surface area contributed by atoms with Gasteiger partial charge in [0.15, 0.2) is 0 Å². The van der Waals surface area contributed by atoms with Crippen LogP contribution in [0.1, 0.15) is 51.1 Å². The highest BCUT2D eigenvalue weighted by Crippen LogP contribution is 2.68. The topological polar surface area (TPSA) is 95.9 Å². The fourth-order valence-electron chi connectivity index (χ4n) is 5.92. The van der Waals surface area contributed by atoms with Gasteiger partial charge < -0.3 is 20.1 Å². The Morgan fingerprint density at radius 2 is 2.03 bits per heavy atom. The van der Waals surface area contributed by atoms with Gasteiger partial charge in [-0.05, 0) is 25.3 Å². The van der Waals surface area contributed by atoms with E-state index in [1.54, 1.807) is 23.6 Å². The monoisotopic (exact) mass is 552 g/mol. The molecule has 2 N–H and O–H groups in total. The number of hydrogen-bond acceptors (Lipinski definition) is 6. The van der Waals surface area contributed by atoms with Crippen LogP contribution in [-0.4, -0.2) is 68.4 Å². The molecule has 3 fully saturated rings. The molecule has 186 valence electrons. The fourth-order valence-corrected chi connectivity index (χ4v) is 9.51. The largest absolute Gasteiger partial charge is 0.466 e. The molecule has 34 heavy (non-hydrogen) atoms. The first kappa shape index (κ1) is 25.5. The molecule has 3 aliphatic heterocycles. The second-order valence-electron chi connectivity index (χ2n) is 9.27. The molecule has 2 bridgehead atoms. The maximum Gasteiger partial charge on any atom is 0.310 e. The summed E-state index contributed by atoms with van der Waals surface area (Å²) in [4.78, 5) is 42.4. The van der Waals surface area contributed by atoms with Crippen LogP contribution < -0.4 is 5.32 Å². The Labute approximate surface area is 213 Å². The summed E-state index contributed by atoms with van der Waals surface area (Å²) in [5.74, 6) is -2.11. The predicted octanol–water partition coefficient (Wildman–Crippen LogP) is 3.05. The Kier molecular flexibility index (Phi) is 7.94. The van der Waals surface area contributed by atoms with E-state index >= 15 is 0 Å². The Hall–Kier alpha value is -1.58. The van der Waals surface area contributed by atoms with Crippen LogP contribution in [0, 0.1) is 11.8 Å². The second kappa shape index (κ2) is 10.6. The van der Waals surface area contributed by atoms with Gasteiger partial charge in [-0.25, -0.2) is 0 Å². The summed E-state index contributed by atoms with van der Waals surface area (Å²) in [7, 11) is 0. The van der Waals surface area contributed by atoms with Gasteiger partial charge in [0.2, 0.25) is 11.8 Å². The number of esters is 1. The van der Waals surface area contributed by atoms with E-state index in [0.29, 0.717) is 13.0 Å². The molecule has 1 aromatic rings. The summed E-state index contributed by atoms with van der Waals surface area (Å²) in [5.41, 5.74) is 0.765. The third-order valence-corrected chi connectivity index (χ3v) is 10.5. The fraction of sp³-hybridized carbons (Fsp3) is 0.640. The summed E-state index contributed by atoms with van der Waals surface area (Å²) >= 11 is 5.31. The van der Waals surface area contributed by atoms with E-state index < -0.39 is 28.7 Å². The van der Waals surface area contributed by atoms with Gasteiger partial charge >= 0.3 is 5.97 Å².